The highest BCUT2D eigenvalue weighted by molar-refractivity contribution is 6.35. The van der Waals surface area contributed by atoms with Crippen molar-refractivity contribution in [1.29, 1.82) is 0 Å². The van der Waals surface area contributed by atoms with Gasteiger partial charge in [0.1, 0.15) is 23.0 Å². The lowest BCUT2D eigenvalue weighted by Gasteiger charge is -2.37. The number of nitrogens with zero attached hydrogens (tertiary/aromatic N) is 8. The van der Waals surface area contributed by atoms with Gasteiger partial charge < -0.3 is 30.4 Å². The molecule has 2 unspecified atom stereocenters. The minimum atomic E-state index is -4.84. The van der Waals surface area contributed by atoms with E-state index in [-0.39, 0.29) is 46.6 Å². The number of H-pyrrole nitrogens is 2. The topological polar surface area (TPSA) is 188 Å². The summed E-state index contributed by atoms with van der Waals surface area (Å²) in [6.45, 7) is 6.04. The molecular formula is C49H52ClF3N12O4. The smallest absolute Gasteiger partial charge is 0.370 e. The van der Waals surface area contributed by atoms with Gasteiger partial charge in [0.25, 0.3) is 22.9 Å². The molecule has 0 radical (unpaired) electrons. The van der Waals surface area contributed by atoms with Gasteiger partial charge in [-0.15, -0.1) is 0 Å². The number of nitrogens with one attached hydrogen (secondary N) is 4. The molecule has 2 aromatic carbocycles. The van der Waals surface area contributed by atoms with Crippen LogP contribution in [-0.2, 0) is 12.7 Å². The second kappa shape index (κ2) is 19.2. The van der Waals surface area contributed by atoms with E-state index in [1.165, 1.54) is 6.07 Å². The lowest BCUT2D eigenvalue weighted by atomic mass is 10.0. The average molecular weight is 965 g/mol. The van der Waals surface area contributed by atoms with E-state index >= 15 is 0 Å². The van der Waals surface area contributed by atoms with Crippen LogP contribution < -0.4 is 31.6 Å². The van der Waals surface area contributed by atoms with E-state index in [4.69, 9.17) is 16.6 Å². The van der Waals surface area contributed by atoms with Crippen molar-refractivity contribution in [3.8, 4) is 0 Å². The van der Waals surface area contributed by atoms with Crippen LogP contribution in [0.2, 0.25) is 5.02 Å². The van der Waals surface area contributed by atoms with Gasteiger partial charge in [-0.3, -0.25) is 29.0 Å². The summed E-state index contributed by atoms with van der Waals surface area (Å²) in [5, 5.41) is 5.55. The van der Waals surface area contributed by atoms with Crippen LogP contribution in [0.25, 0.3) is 21.8 Å². The Hall–Kier alpha value is -6.44. The standard InChI is InChI=1S/C49H52ClF3N12O4/c1-54-45(66)38-7-5-33(24-55-38)62-17-11-32(12-18-62)65-16-10-30(27-65)44-59-40-22-28(21-35(49(51,52)53)41(40)47(68)60-44)23-57-46(67)39-8-6-34(25-56-39)63-19-13-31(14-20-63)64-15-9-29(26-64)43-58-37-4-2-3-36(50)42(37)48(69)61-43/h2-8,21-22,24-25,29-32H,9-20,23,26-27H2,1H3,(H,54,66)(H,57,67)(H,58,61,69)(H,59,60,68). The SMILES string of the molecule is CNC(=O)c1ccc(N2CCC(N3CCC(c4nc5cc(CNC(=O)c6ccc(N7CCC(N8CCC(c9nc%10cccc(Cl)c%10c(=O)[nH]9)C8)CC7)cn6)cc(C(F)(F)F)c5c(=O)[nH]4)C3)CC2)cn1. The van der Waals surface area contributed by atoms with Gasteiger partial charge in [0.05, 0.1) is 56.2 Å². The number of fused-ring (bicyclic) bond motifs is 2. The maximum atomic E-state index is 14.5. The molecule has 0 aliphatic carbocycles. The molecule has 4 N–H and O–H groups in total. The van der Waals surface area contributed by atoms with Gasteiger partial charge in [-0.25, -0.2) is 19.9 Å². The summed E-state index contributed by atoms with van der Waals surface area (Å²) >= 11 is 6.26. The number of amides is 2. The number of hydrogen-bond acceptors (Lipinski definition) is 12. The summed E-state index contributed by atoms with van der Waals surface area (Å²) in [5.74, 6) is 0.197. The molecule has 6 aromatic rings. The Morgan fingerprint density at radius 3 is 1.75 bits per heavy atom. The van der Waals surface area contributed by atoms with Crippen molar-refractivity contribution in [3.63, 3.8) is 0 Å². The molecule has 0 spiro atoms. The number of rotatable bonds is 10. The molecule has 4 aromatic heterocycles. The fourth-order valence-corrected chi connectivity index (χ4v) is 11.0. The number of carbonyl (C=O) groups excluding carboxylic acids is 2. The lowest BCUT2D eigenvalue weighted by Crippen LogP contribution is -2.44. The zero-order chi connectivity index (χ0) is 48.0. The Labute approximate surface area is 399 Å². The van der Waals surface area contributed by atoms with Crippen molar-refractivity contribution >= 4 is 56.6 Å². The molecule has 360 valence electrons. The minimum Gasteiger partial charge on any atom is -0.370 e. The van der Waals surface area contributed by atoms with E-state index in [0.29, 0.717) is 58.3 Å². The molecule has 2 amide bonds. The molecular weight excluding hydrogens is 913 g/mol. The molecule has 0 bridgehead atoms. The van der Waals surface area contributed by atoms with Crippen molar-refractivity contribution < 1.29 is 22.8 Å². The van der Waals surface area contributed by atoms with Crippen LogP contribution in [0.3, 0.4) is 0 Å². The number of carbonyl (C=O) groups is 2. The molecule has 10 rings (SSSR count). The highest BCUT2D eigenvalue weighted by atomic mass is 35.5. The van der Waals surface area contributed by atoms with Crippen molar-refractivity contribution in [2.45, 2.75) is 75.2 Å². The highest BCUT2D eigenvalue weighted by Crippen LogP contribution is 2.36. The van der Waals surface area contributed by atoms with E-state index in [1.54, 1.807) is 43.7 Å². The molecule has 2 atom stereocenters. The van der Waals surface area contributed by atoms with E-state index < -0.39 is 28.6 Å². The number of aromatic nitrogens is 6. The monoisotopic (exact) mass is 964 g/mol. The van der Waals surface area contributed by atoms with Crippen LogP contribution in [0, 0.1) is 0 Å². The van der Waals surface area contributed by atoms with Gasteiger partial charge in [-0.1, -0.05) is 17.7 Å². The fraction of sp³-hybridized carbons (Fsp3) is 0.429. The highest BCUT2D eigenvalue weighted by Gasteiger charge is 2.37. The number of hydrogen-bond donors (Lipinski definition) is 4. The molecule has 8 heterocycles. The second-order valence-corrected chi connectivity index (χ2v) is 18.9. The average Bonchev–Trinajstić information content (AvgIpc) is 4.07. The number of aromatic amines is 2. The van der Waals surface area contributed by atoms with E-state index in [1.807, 2.05) is 18.2 Å². The Balaban J connectivity index is 0.737. The number of anilines is 2. The third kappa shape index (κ3) is 9.63. The first-order valence-corrected chi connectivity index (χ1v) is 23.9. The summed E-state index contributed by atoms with van der Waals surface area (Å²) in [6.07, 6.45) is 3.75. The summed E-state index contributed by atoms with van der Waals surface area (Å²) in [5.41, 5.74) is 0.794. The minimum absolute atomic E-state index is 0.0737. The van der Waals surface area contributed by atoms with E-state index in [9.17, 15) is 32.3 Å². The van der Waals surface area contributed by atoms with Crippen molar-refractivity contribution in [1.82, 2.24) is 50.3 Å². The van der Waals surface area contributed by atoms with Crippen molar-refractivity contribution in [2.75, 3.05) is 69.2 Å². The van der Waals surface area contributed by atoms with Crippen LogP contribution in [0.4, 0.5) is 24.5 Å². The number of halogens is 4. The Morgan fingerprint density at radius 1 is 0.696 bits per heavy atom. The van der Waals surface area contributed by atoms with Gasteiger partial charge in [-0.05, 0) is 106 Å². The third-order valence-electron chi connectivity index (χ3n) is 14.4. The number of benzene rings is 2. The number of alkyl halides is 3. The molecule has 4 fully saturated rings. The lowest BCUT2D eigenvalue weighted by molar-refractivity contribution is -0.136. The Bertz CT molecular complexity index is 3010. The number of piperidine rings is 2. The zero-order valence-electron chi connectivity index (χ0n) is 38.0. The van der Waals surface area contributed by atoms with Crippen LogP contribution in [0.1, 0.15) is 94.1 Å². The third-order valence-corrected chi connectivity index (χ3v) is 14.8. The van der Waals surface area contributed by atoms with Gasteiger partial charge in [0.2, 0.25) is 0 Å². The van der Waals surface area contributed by atoms with E-state index in [2.05, 4.69) is 55.2 Å². The fourth-order valence-electron chi connectivity index (χ4n) is 10.7. The molecule has 4 saturated heterocycles. The Kier molecular flexibility index (Phi) is 12.9. The quantitative estimate of drug-likeness (QED) is 0.129. The molecule has 69 heavy (non-hydrogen) atoms. The van der Waals surface area contributed by atoms with Crippen LogP contribution in [0.15, 0.2) is 76.6 Å². The summed E-state index contributed by atoms with van der Waals surface area (Å²) in [7, 11) is 1.56. The predicted octanol–water partition coefficient (Wildman–Crippen LogP) is 5.83. The maximum Gasteiger partial charge on any atom is 0.417 e. The van der Waals surface area contributed by atoms with Gasteiger partial charge in [-0.2, -0.15) is 13.2 Å². The summed E-state index contributed by atoms with van der Waals surface area (Å²) in [4.78, 5) is 84.5. The molecule has 4 aliphatic rings. The maximum absolute atomic E-state index is 14.5. The van der Waals surface area contributed by atoms with Crippen molar-refractivity contribution in [2.24, 2.45) is 0 Å². The number of likely N-dealkylation sites (tertiary alicyclic amines) is 2. The van der Waals surface area contributed by atoms with Crippen LogP contribution >= 0.6 is 11.6 Å². The first-order valence-electron chi connectivity index (χ1n) is 23.5. The van der Waals surface area contributed by atoms with Gasteiger partial charge in [0.15, 0.2) is 0 Å². The summed E-state index contributed by atoms with van der Waals surface area (Å²) in [6, 6.07) is 15.4. The zero-order valence-corrected chi connectivity index (χ0v) is 38.7. The molecule has 20 heteroatoms. The molecule has 16 nitrogen and oxygen atoms in total. The van der Waals surface area contributed by atoms with E-state index in [0.717, 1.165) is 95.4 Å². The van der Waals surface area contributed by atoms with Gasteiger partial charge >= 0.3 is 6.18 Å². The van der Waals surface area contributed by atoms with Crippen molar-refractivity contribution in [3.05, 3.63) is 127 Å². The van der Waals surface area contributed by atoms with Gasteiger partial charge in [0, 0.05) is 76.8 Å². The second-order valence-electron chi connectivity index (χ2n) is 18.5. The normalized spacial score (nSPS) is 20.0. The Morgan fingerprint density at radius 2 is 1.23 bits per heavy atom. The molecule has 0 saturated carbocycles. The largest absolute Gasteiger partial charge is 0.417 e. The number of pyridine rings is 2. The first-order chi connectivity index (χ1) is 33.3. The molecule has 4 aliphatic heterocycles. The predicted molar refractivity (Wildman–Crippen MR) is 256 cm³/mol. The first kappa shape index (κ1) is 46.3. The van der Waals surface area contributed by atoms with Crippen LogP contribution in [-0.4, -0.2) is 123 Å². The summed E-state index contributed by atoms with van der Waals surface area (Å²) < 4.78 is 43.5. The van der Waals surface area contributed by atoms with Crippen LogP contribution in [0.5, 0.6) is 0 Å².